The minimum absolute atomic E-state index is 0.263. The van der Waals surface area contributed by atoms with Gasteiger partial charge in [0.2, 0.25) is 0 Å². The van der Waals surface area contributed by atoms with Crippen LogP contribution < -0.4 is 11.1 Å². The van der Waals surface area contributed by atoms with E-state index in [0.29, 0.717) is 17.4 Å². The first-order chi connectivity index (χ1) is 8.00. The van der Waals surface area contributed by atoms with E-state index in [1.54, 1.807) is 6.07 Å². The van der Waals surface area contributed by atoms with Gasteiger partial charge in [-0.2, -0.15) is 0 Å². The van der Waals surface area contributed by atoms with E-state index in [9.17, 15) is 4.39 Å². The summed E-state index contributed by atoms with van der Waals surface area (Å²) in [4.78, 5) is 2.27. The van der Waals surface area contributed by atoms with Gasteiger partial charge in [-0.15, -0.1) is 0 Å². The first-order valence-electron chi connectivity index (χ1n) is 6.00. The third-order valence-electron chi connectivity index (χ3n) is 2.90. The van der Waals surface area contributed by atoms with Gasteiger partial charge in [-0.3, -0.25) is 0 Å². The Morgan fingerprint density at radius 2 is 2.12 bits per heavy atom. The molecular weight excluding hydrogens is 217 g/mol. The van der Waals surface area contributed by atoms with Gasteiger partial charge in [0.25, 0.3) is 0 Å². The first-order valence-corrected chi connectivity index (χ1v) is 6.00. The van der Waals surface area contributed by atoms with E-state index in [1.165, 1.54) is 12.1 Å². The Morgan fingerprint density at radius 3 is 2.76 bits per heavy atom. The highest BCUT2D eigenvalue weighted by Gasteiger charge is 2.03. The second-order valence-corrected chi connectivity index (χ2v) is 4.59. The van der Waals surface area contributed by atoms with Crippen LogP contribution in [0.4, 0.5) is 15.8 Å². The third-order valence-corrected chi connectivity index (χ3v) is 2.90. The minimum atomic E-state index is -0.263. The van der Waals surface area contributed by atoms with Crippen LogP contribution in [0.2, 0.25) is 0 Å². The number of nitrogens with two attached hydrogens (primary N) is 1. The zero-order chi connectivity index (χ0) is 12.8. The van der Waals surface area contributed by atoms with Gasteiger partial charge in [-0.25, -0.2) is 4.39 Å². The maximum Gasteiger partial charge on any atom is 0.125 e. The molecular formula is C13H22FN3. The van der Waals surface area contributed by atoms with Gasteiger partial charge in [0.1, 0.15) is 5.82 Å². The highest BCUT2D eigenvalue weighted by atomic mass is 19.1. The van der Waals surface area contributed by atoms with Gasteiger partial charge in [0, 0.05) is 12.6 Å². The molecule has 96 valence electrons. The van der Waals surface area contributed by atoms with E-state index < -0.39 is 0 Å². The van der Waals surface area contributed by atoms with Gasteiger partial charge in [0.05, 0.1) is 11.4 Å². The van der Waals surface area contributed by atoms with Gasteiger partial charge < -0.3 is 16.0 Å². The molecule has 4 heteroatoms. The summed E-state index contributed by atoms with van der Waals surface area (Å²) >= 11 is 0. The quantitative estimate of drug-likeness (QED) is 0.592. The fourth-order valence-corrected chi connectivity index (χ4v) is 1.49. The fraction of sp³-hybridized carbons (Fsp3) is 0.538. The predicted octanol–water partition coefficient (Wildman–Crippen LogP) is 2.55. The van der Waals surface area contributed by atoms with Crippen LogP contribution in [0.25, 0.3) is 0 Å². The topological polar surface area (TPSA) is 41.3 Å². The lowest BCUT2D eigenvalue weighted by molar-refractivity contribution is 0.273. The van der Waals surface area contributed by atoms with Crippen LogP contribution in [-0.4, -0.2) is 31.1 Å². The van der Waals surface area contributed by atoms with Gasteiger partial charge in [-0.1, -0.05) is 0 Å². The number of nitrogens with one attached hydrogen (secondary N) is 1. The normalized spacial score (nSPS) is 11.2. The average Bonchev–Trinajstić information content (AvgIpc) is 2.28. The zero-order valence-electron chi connectivity index (χ0n) is 10.8. The molecule has 0 saturated carbocycles. The summed E-state index contributed by atoms with van der Waals surface area (Å²) in [5.41, 5.74) is 7.00. The van der Waals surface area contributed by atoms with E-state index in [2.05, 4.69) is 31.1 Å². The van der Waals surface area contributed by atoms with Crippen molar-refractivity contribution in [1.29, 1.82) is 0 Å². The molecule has 17 heavy (non-hydrogen) atoms. The Balaban J connectivity index is 2.33. The highest BCUT2D eigenvalue weighted by Crippen LogP contribution is 2.18. The minimum Gasteiger partial charge on any atom is -0.397 e. The summed E-state index contributed by atoms with van der Waals surface area (Å²) in [6.07, 6.45) is 1.00. The number of hydrogen-bond donors (Lipinski definition) is 2. The Bertz CT molecular complexity index is 353. The van der Waals surface area contributed by atoms with Crippen LogP contribution in [0, 0.1) is 5.82 Å². The molecule has 0 aromatic heterocycles. The van der Waals surface area contributed by atoms with Crippen molar-refractivity contribution in [2.75, 3.05) is 31.2 Å². The second kappa shape index (κ2) is 6.45. The summed E-state index contributed by atoms with van der Waals surface area (Å²) in [6.45, 7) is 6.14. The molecule has 0 amide bonds. The van der Waals surface area contributed by atoms with Crippen LogP contribution in [0.3, 0.4) is 0 Å². The molecule has 0 saturated heterocycles. The van der Waals surface area contributed by atoms with Gasteiger partial charge in [-0.05, 0) is 52.1 Å². The van der Waals surface area contributed by atoms with Crippen molar-refractivity contribution in [2.45, 2.75) is 26.3 Å². The molecule has 1 rings (SSSR count). The molecule has 0 aliphatic rings. The van der Waals surface area contributed by atoms with E-state index in [0.717, 1.165) is 19.5 Å². The molecule has 3 N–H and O–H groups in total. The standard InChI is InChI=1S/C13H22FN3/c1-10(2)17(3)8-4-7-16-13-9-11(14)5-6-12(13)15/h5-6,9-10,16H,4,7-8,15H2,1-3H3. The number of anilines is 2. The molecule has 0 aliphatic heterocycles. The lowest BCUT2D eigenvalue weighted by Crippen LogP contribution is -2.28. The lowest BCUT2D eigenvalue weighted by atomic mass is 10.2. The van der Waals surface area contributed by atoms with Crippen LogP contribution in [0.15, 0.2) is 18.2 Å². The Kier molecular flexibility index (Phi) is 5.22. The summed E-state index contributed by atoms with van der Waals surface area (Å²) < 4.78 is 13.0. The molecule has 3 nitrogen and oxygen atoms in total. The van der Waals surface area contributed by atoms with Crippen LogP contribution in [0.5, 0.6) is 0 Å². The van der Waals surface area contributed by atoms with Crippen LogP contribution in [0.1, 0.15) is 20.3 Å². The Labute approximate surface area is 103 Å². The van der Waals surface area contributed by atoms with Crippen LogP contribution >= 0.6 is 0 Å². The largest absolute Gasteiger partial charge is 0.397 e. The Morgan fingerprint density at radius 1 is 1.41 bits per heavy atom. The zero-order valence-corrected chi connectivity index (χ0v) is 10.8. The summed E-state index contributed by atoms with van der Waals surface area (Å²) in [7, 11) is 2.10. The third kappa shape index (κ3) is 4.61. The molecule has 0 unspecified atom stereocenters. The smallest absolute Gasteiger partial charge is 0.125 e. The molecule has 1 aromatic rings. The van der Waals surface area contributed by atoms with Crippen molar-refractivity contribution in [2.24, 2.45) is 0 Å². The average molecular weight is 239 g/mol. The molecule has 0 fully saturated rings. The molecule has 0 spiro atoms. The number of hydrogen-bond acceptors (Lipinski definition) is 3. The lowest BCUT2D eigenvalue weighted by Gasteiger charge is -2.21. The van der Waals surface area contributed by atoms with Gasteiger partial charge >= 0.3 is 0 Å². The van der Waals surface area contributed by atoms with Crippen molar-refractivity contribution in [3.05, 3.63) is 24.0 Å². The number of benzene rings is 1. The van der Waals surface area contributed by atoms with Crippen molar-refractivity contribution in [1.82, 2.24) is 4.90 Å². The molecule has 0 atom stereocenters. The van der Waals surface area contributed by atoms with E-state index in [1.807, 2.05) is 0 Å². The van der Waals surface area contributed by atoms with Crippen molar-refractivity contribution >= 4 is 11.4 Å². The molecule has 1 aromatic carbocycles. The summed E-state index contributed by atoms with van der Waals surface area (Å²) in [5, 5.41) is 3.16. The molecule has 0 aliphatic carbocycles. The molecule has 0 radical (unpaired) electrons. The number of nitrogen functional groups attached to an aromatic ring is 1. The molecule has 0 bridgehead atoms. The van der Waals surface area contributed by atoms with E-state index in [-0.39, 0.29) is 5.82 Å². The number of rotatable bonds is 6. The van der Waals surface area contributed by atoms with Crippen molar-refractivity contribution < 1.29 is 4.39 Å². The predicted molar refractivity (Wildman–Crippen MR) is 71.7 cm³/mol. The number of nitrogens with zero attached hydrogens (tertiary/aromatic N) is 1. The Hall–Kier alpha value is -1.29. The second-order valence-electron chi connectivity index (χ2n) is 4.59. The maximum atomic E-state index is 13.0. The van der Waals surface area contributed by atoms with Crippen molar-refractivity contribution in [3.8, 4) is 0 Å². The monoisotopic (exact) mass is 239 g/mol. The maximum absolute atomic E-state index is 13.0. The van der Waals surface area contributed by atoms with Crippen LogP contribution in [-0.2, 0) is 0 Å². The van der Waals surface area contributed by atoms with E-state index >= 15 is 0 Å². The van der Waals surface area contributed by atoms with E-state index in [4.69, 9.17) is 5.73 Å². The SMILES string of the molecule is CC(C)N(C)CCCNc1cc(F)ccc1N. The highest BCUT2D eigenvalue weighted by molar-refractivity contribution is 5.65. The summed E-state index contributed by atoms with van der Waals surface area (Å²) in [6, 6.07) is 4.93. The fourth-order valence-electron chi connectivity index (χ4n) is 1.49. The molecule has 0 heterocycles. The first kappa shape index (κ1) is 13.8. The van der Waals surface area contributed by atoms with Crippen molar-refractivity contribution in [3.63, 3.8) is 0 Å². The van der Waals surface area contributed by atoms with Gasteiger partial charge in [0.15, 0.2) is 0 Å². The number of halogens is 1. The summed E-state index contributed by atoms with van der Waals surface area (Å²) in [5.74, 6) is -0.263.